The van der Waals surface area contributed by atoms with Gasteiger partial charge in [0, 0.05) is 23.9 Å². The monoisotopic (exact) mass is 264 g/mol. The Bertz CT molecular complexity index is 427. The number of alkyl halides is 2. The van der Waals surface area contributed by atoms with Crippen molar-refractivity contribution in [2.75, 3.05) is 7.11 Å². The van der Waals surface area contributed by atoms with Gasteiger partial charge in [-0.05, 0) is 0 Å². The number of nitrogens with zero attached hydrogens (tertiary/aromatic N) is 1. The first-order valence-corrected chi connectivity index (χ1v) is 5.10. The summed E-state index contributed by atoms with van der Waals surface area (Å²) < 4.78 is 29.6. The van der Waals surface area contributed by atoms with Gasteiger partial charge in [-0.3, -0.25) is 9.78 Å². The lowest BCUT2D eigenvalue weighted by molar-refractivity contribution is -0.139. The van der Waals surface area contributed by atoms with Crippen LogP contribution in [0.1, 0.15) is 23.2 Å². The first kappa shape index (κ1) is 13.8. The number of aromatic nitrogens is 1. The van der Waals surface area contributed by atoms with Crippen molar-refractivity contribution in [2.24, 2.45) is 5.73 Å². The van der Waals surface area contributed by atoms with E-state index in [1.54, 1.807) is 0 Å². The number of rotatable bonds is 4. The molecule has 1 aromatic heterocycles. The van der Waals surface area contributed by atoms with Crippen LogP contribution in [0.3, 0.4) is 0 Å². The second-order valence-corrected chi connectivity index (χ2v) is 3.60. The smallest absolute Gasteiger partial charge is 0.310 e. The van der Waals surface area contributed by atoms with Gasteiger partial charge in [-0.15, -0.1) is 0 Å². The third kappa shape index (κ3) is 3.10. The van der Waals surface area contributed by atoms with E-state index >= 15 is 0 Å². The summed E-state index contributed by atoms with van der Waals surface area (Å²) in [6.07, 6.45) is -1.74. The number of nitrogens with two attached hydrogens (primary N) is 1. The number of hydrogen-bond acceptors (Lipinski definition) is 4. The highest BCUT2D eigenvalue weighted by Gasteiger charge is 2.20. The molecule has 0 amide bonds. The van der Waals surface area contributed by atoms with Crippen LogP contribution in [-0.2, 0) is 22.5 Å². The predicted octanol–water partition coefficient (Wildman–Crippen LogP) is 1.85. The number of pyridine rings is 1. The minimum Gasteiger partial charge on any atom is -0.469 e. The van der Waals surface area contributed by atoms with Crippen LogP contribution in [-0.4, -0.2) is 18.1 Å². The molecule has 0 saturated heterocycles. The SMILES string of the molecule is COC(=O)Cc1cnc(C(F)F)c(CN)c1Cl. The molecule has 1 heterocycles. The standard InChI is InChI=1S/C10H11ClF2N2O2/c1-17-7(16)2-5-4-15-9(10(12)13)6(3-14)8(5)11/h4,10H,2-3,14H2,1H3. The van der Waals surface area contributed by atoms with E-state index in [0.717, 1.165) is 6.20 Å². The van der Waals surface area contributed by atoms with Gasteiger partial charge < -0.3 is 10.5 Å². The molecule has 94 valence electrons. The van der Waals surface area contributed by atoms with E-state index in [0.29, 0.717) is 5.56 Å². The van der Waals surface area contributed by atoms with E-state index in [2.05, 4.69) is 9.72 Å². The average molecular weight is 265 g/mol. The van der Waals surface area contributed by atoms with E-state index in [-0.39, 0.29) is 23.6 Å². The predicted molar refractivity (Wildman–Crippen MR) is 57.8 cm³/mol. The number of carbonyl (C=O) groups is 1. The maximum Gasteiger partial charge on any atom is 0.310 e. The minimum absolute atomic E-state index is 0.0446. The van der Waals surface area contributed by atoms with E-state index in [4.69, 9.17) is 17.3 Å². The van der Waals surface area contributed by atoms with E-state index in [9.17, 15) is 13.6 Å². The molecule has 0 spiro atoms. The largest absolute Gasteiger partial charge is 0.469 e. The third-order valence-electron chi connectivity index (χ3n) is 2.19. The molecule has 0 unspecified atom stereocenters. The van der Waals surface area contributed by atoms with Gasteiger partial charge in [0.1, 0.15) is 5.69 Å². The fourth-order valence-electron chi connectivity index (χ4n) is 1.32. The summed E-state index contributed by atoms with van der Waals surface area (Å²) in [5.74, 6) is -0.526. The van der Waals surface area contributed by atoms with Crippen molar-refractivity contribution < 1.29 is 18.3 Å². The number of methoxy groups -OCH3 is 1. The van der Waals surface area contributed by atoms with Crippen LogP contribution in [0.25, 0.3) is 0 Å². The second kappa shape index (κ2) is 5.88. The van der Waals surface area contributed by atoms with Crippen molar-refractivity contribution in [2.45, 2.75) is 19.4 Å². The molecule has 0 aliphatic rings. The first-order valence-electron chi connectivity index (χ1n) is 4.72. The van der Waals surface area contributed by atoms with E-state index in [1.807, 2.05) is 0 Å². The van der Waals surface area contributed by atoms with Crippen LogP contribution in [0.2, 0.25) is 5.02 Å². The zero-order chi connectivity index (χ0) is 13.0. The van der Waals surface area contributed by atoms with Crippen LogP contribution >= 0.6 is 11.6 Å². The average Bonchev–Trinajstić information content (AvgIpc) is 2.30. The van der Waals surface area contributed by atoms with Crippen molar-refractivity contribution in [3.63, 3.8) is 0 Å². The highest BCUT2D eigenvalue weighted by atomic mass is 35.5. The minimum atomic E-state index is -2.75. The summed E-state index contributed by atoms with van der Waals surface area (Å²) in [6.45, 7) is -0.166. The molecule has 2 N–H and O–H groups in total. The summed E-state index contributed by atoms with van der Waals surface area (Å²) in [4.78, 5) is 14.6. The van der Waals surface area contributed by atoms with E-state index in [1.165, 1.54) is 7.11 Å². The Kier molecular flexibility index (Phi) is 4.77. The molecule has 0 aliphatic carbocycles. The number of carbonyl (C=O) groups excluding carboxylic acids is 1. The van der Waals surface area contributed by atoms with Crippen LogP contribution < -0.4 is 5.73 Å². The van der Waals surface area contributed by atoms with Gasteiger partial charge in [-0.2, -0.15) is 0 Å². The zero-order valence-corrected chi connectivity index (χ0v) is 9.80. The molecule has 17 heavy (non-hydrogen) atoms. The van der Waals surface area contributed by atoms with Gasteiger partial charge in [0.25, 0.3) is 6.43 Å². The Morgan fingerprint density at radius 2 is 2.29 bits per heavy atom. The molecule has 4 nitrogen and oxygen atoms in total. The number of esters is 1. The Hall–Kier alpha value is -1.27. The van der Waals surface area contributed by atoms with Crippen molar-refractivity contribution >= 4 is 17.6 Å². The Balaban J connectivity index is 3.15. The molecular weight excluding hydrogens is 254 g/mol. The maximum atomic E-state index is 12.6. The van der Waals surface area contributed by atoms with Gasteiger partial charge in [0.05, 0.1) is 18.6 Å². The quantitative estimate of drug-likeness (QED) is 0.843. The van der Waals surface area contributed by atoms with Gasteiger partial charge in [0.2, 0.25) is 0 Å². The molecule has 0 bridgehead atoms. The van der Waals surface area contributed by atoms with Crippen molar-refractivity contribution in [1.29, 1.82) is 0 Å². The van der Waals surface area contributed by atoms with Crippen LogP contribution in [0.15, 0.2) is 6.20 Å². The molecule has 1 aromatic rings. The van der Waals surface area contributed by atoms with Crippen LogP contribution in [0.5, 0.6) is 0 Å². The summed E-state index contributed by atoms with van der Waals surface area (Å²) >= 11 is 5.90. The fraction of sp³-hybridized carbons (Fsp3) is 0.400. The fourth-order valence-corrected chi connectivity index (χ4v) is 1.61. The van der Waals surface area contributed by atoms with Crippen molar-refractivity contribution in [3.8, 4) is 0 Å². The second-order valence-electron chi connectivity index (χ2n) is 3.22. The molecule has 0 fully saturated rings. The number of hydrogen-bond donors (Lipinski definition) is 1. The topological polar surface area (TPSA) is 65.2 Å². The Morgan fingerprint density at radius 1 is 1.65 bits per heavy atom. The third-order valence-corrected chi connectivity index (χ3v) is 2.66. The van der Waals surface area contributed by atoms with E-state index < -0.39 is 18.1 Å². The highest BCUT2D eigenvalue weighted by molar-refractivity contribution is 6.32. The number of ether oxygens (including phenoxy) is 1. The lowest BCUT2D eigenvalue weighted by Gasteiger charge is -2.11. The molecule has 0 aliphatic heterocycles. The highest BCUT2D eigenvalue weighted by Crippen LogP contribution is 2.29. The van der Waals surface area contributed by atoms with Crippen molar-refractivity contribution in [1.82, 2.24) is 4.98 Å². The summed E-state index contributed by atoms with van der Waals surface area (Å²) in [5, 5.41) is 0.0446. The lowest BCUT2D eigenvalue weighted by atomic mass is 10.1. The Labute approximate surface area is 102 Å². The molecule has 0 aromatic carbocycles. The van der Waals surface area contributed by atoms with Gasteiger partial charge in [-0.25, -0.2) is 8.78 Å². The molecule has 0 atom stereocenters. The zero-order valence-electron chi connectivity index (χ0n) is 9.04. The van der Waals surface area contributed by atoms with Crippen molar-refractivity contribution in [3.05, 3.63) is 28.0 Å². The van der Waals surface area contributed by atoms with Gasteiger partial charge in [-0.1, -0.05) is 11.6 Å². The van der Waals surface area contributed by atoms with Gasteiger partial charge in [0.15, 0.2) is 0 Å². The van der Waals surface area contributed by atoms with Crippen LogP contribution in [0.4, 0.5) is 8.78 Å². The molecule has 1 rings (SSSR count). The van der Waals surface area contributed by atoms with Gasteiger partial charge >= 0.3 is 5.97 Å². The summed E-state index contributed by atoms with van der Waals surface area (Å²) in [6, 6.07) is 0. The molecule has 0 radical (unpaired) electrons. The molecule has 0 saturated carbocycles. The first-order chi connectivity index (χ1) is 8.01. The lowest BCUT2D eigenvalue weighted by Crippen LogP contribution is -2.11. The summed E-state index contributed by atoms with van der Waals surface area (Å²) in [7, 11) is 1.22. The van der Waals surface area contributed by atoms with Crippen LogP contribution in [0, 0.1) is 0 Å². The molecular formula is C10H11ClF2N2O2. The normalized spacial score (nSPS) is 10.7. The number of halogens is 3. The Morgan fingerprint density at radius 3 is 2.76 bits per heavy atom. The molecule has 7 heteroatoms. The summed E-state index contributed by atoms with van der Waals surface area (Å²) in [5.41, 5.74) is 5.28. The maximum absolute atomic E-state index is 12.6.